The second kappa shape index (κ2) is 11.1. The summed E-state index contributed by atoms with van der Waals surface area (Å²) in [5, 5.41) is 18.3. The van der Waals surface area contributed by atoms with E-state index in [0.29, 0.717) is 34.6 Å². The highest BCUT2D eigenvalue weighted by atomic mass is 32.2. The molecule has 4 aromatic rings. The van der Waals surface area contributed by atoms with Gasteiger partial charge in [0.1, 0.15) is 28.7 Å². The summed E-state index contributed by atoms with van der Waals surface area (Å²) >= 11 is 0. The Morgan fingerprint density at radius 2 is 1.77 bits per heavy atom. The second-order valence-corrected chi connectivity index (χ2v) is 11.6. The van der Waals surface area contributed by atoms with E-state index in [4.69, 9.17) is 18.6 Å². The first-order valence-corrected chi connectivity index (χ1v) is 14.2. The molecule has 0 bridgehead atoms. The average molecular weight is 571 g/mol. The van der Waals surface area contributed by atoms with Gasteiger partial charge in [-0.05, 0) is 37.6 Å². The maximum absolute atomic E-state index is 13.9. The highest BCUT2D eigenvalue weighted by molar-refractivity contribution is 7.91. The number of anilines is 1. The fourth-order valence-electron chi connectivity index (χ4n) is 4.76. The minimum Gasteiger partial charge on any atom is -0.494 e. The first-order valence-electron chi connectivity index (χ1n) is 12.5. The number of para-hydroxylation sites is 1. The Kier molecular flexibility index (Phi) is 7.63. The summed E-state index contributed by atoms with van der Waals surface area (Å²) in [6.07, 6.45) is 0.670. The summed E-state index contributed by atoms with van der Waals surface area (Å²) in [4.78, 5) is 10.2. The van der Waals surface area contributed by atoms with Crippen LogP contribution >= 0.6 is 0 Å². The van der Waals surface area contributed by atoms with Crippen LogP contribution < -0.4 is 19.1 Å². The number of aliphatic hydroxyl groups excluding tert-OH is 1. The lowest BCUT2D eigenvalue weighted by Gasteiger charge is -2.35. The van der Waals surface area contributed by atoms with Gasteiger partial charge in [-0.25, -0.2) is 13.4 Å². The van der Waals surface area contributed by atoms with Gasteiger partial charge in [0.05, 0.1) is 32.7 Å². The van der Waals surface area contributed by atoms with Gasteiger partial charge in [0.25, 0.3) is 0 Å². The third kappa shape index (κ3) is 5.31. The number of β-amino-alcohol motifs (C(OH)–C–C–N with tert-alkyl or cyclic N) is 1. The first-order chi connectivity index (χ1) is 19.2. The number of piperidine rings is 1. The van der Waals surface area contributed by atoms with Crippen LogP contribution in [-0.4, -0.2) is 84.0 Å². The number of nitrogens with zero attached hydrogens (tertiary/aromatic N) is 6. The number of hydrogen-bond acceptors (Lipinski definition) is 12. The van der Waals surface area contributed by atoms with Gasteiger partial charge in [-0.2, -0.15) is 4.98 Å². The molecule has 5 rings (SSSR count). The maximum Gasteiger partial charge on any atom is 0.228 e. The van der Waals surface area contributed by atoms with E-state index in [0.717, 1.165) is 0 Å². The van der Waals surface area contributed by atoms with Crippen molar-refractivity contribution in [3.8, 4) is 34.7 Å². The van der Waals surface area contributed by atoms with Crippen LogP contribution in [-0.2, 0) is 15.6 Å². The zero-order valence-electron chi connectivity index (χ0n) is 22.5. The van der Waals surface area contributed by atoms with E-state index in [9.17, 15) is 13.5 Å². The Bertz CT molecular complexity index is 1580. The highest BCUT2D eigenvalue weighted by Gasteiger charge is 2.37. The minimum atomic E-state index is -3.88. The van der Waals surface area contributed by atoms with Crippen LogP contribution in [0.3, 0.4) is 0 Å². The van der Waals surface area contributed by atoms with Gasteiger partial charge in [-0.3, -0.25) is 4.57 Å². The lowest BCUT2D eigenvalue weighted by Crippen LogP contribution is -2.49. The van der Waals surface area contributed by atoms with Crippen molar-refractivity contribution in [3.05, 3.63) is 54.2 Å². The number of benzene rings is 1. The van der Waals surface area contributed by atoms with Crippen molar-refractivity contribution in [1.29, 1.82) is 0 Å². The normalized spacial score (nSPS) is 17.6. The zero-order valence-corrected chi connectivity index (χ0v) is 23.3. The molecule has 1 aliphatic heterocycles. The summed E-state index contributed by atoms with van der Waals surface area (Å²) in [5.41, 5.74) is 0.432. The van der Waals surface area contributed by atoms with Gasteiger partial charge in [-0.15, -0.1) is 10.2 Å². The zero-order chi connectivity index (χ0) is 28.4. The Morgan fingerprint density at radius 1 is 1.02 bits per heavy atom. The Morgan fingerprint density at radius 3 is 2.42 bits per heavy atom. The molecule has 0 saturated carbocycles. The Balaban J connectivity index is 1.55. The predicted molar refractivity (Wildman–Crippen MR) is 145 cm³/mol. The van der Waals surface area contributed by atoms with E-state index in [-0.39, 0.29) is 37.1 Å². The average Bonchev–Trinajstić information content (AvgIpc) is 3.57. The van der Waals surface area contributed by atoms with Crippen LogP contribution in [0.5, 0.6) is 17.4 Å². The van der Waals surface area contributed by atoms with Gasteiger partial charge in [0, 0.05) is 25.4 Å². The molecule has 0 unspecified atom stereocenters. The molecule has 14 heteroatoms. The predicted octanol–water partition coefficient (Wildman–Crippen LogP) is 2.21. The number of furan rings is 1. The number of rotatable bonds is 9. The van der Waals surface area contributed by atoms with Crippen LogP contribution in [0.2, 0.25) is 0 Å². The molecule has 2 atom stereocenters. The molecule has 40 heavy (non-hydrogen) atoms. The summed E-state index contributed by atoms with van der Waals surface area (Å²) in [6.45, 7) is 2.07. The molecule has 3 aromatic heterocycles. The van der Waals surface area contributed by atoms with Crippen molar-refractivity contribution in [2.24, 2.45) is 0 Å². The van der Waals surface area contributed by atoms with Crippen LogP contribution in [0.4, 0.5) is 5.95 Å². The lowest BCUT2D eigenvalue weighted by molar-refractivity contribution is 0.154. The highest BCUT2D eigenvalue weighted by Crippen LogP contribution is 2.37. The molecule has 4 heterocycles. The molecule has 0 amide bonds. The van der Waals surface area contributed by atoms with Crippen molar-refractivity contribution < 1.29 is 32.2 Å². The van der Waals surface area contributed by atoms with E-state index in [1.54, 1.807) is 52.8 Å². The standard InChI is InChI=1S/C26H30N6O7S/c1-16-8-9-21(39-16)25-30-29-22(32(25)24-19(36-2)6-5-7-20(24)37-3)15-40(34,35)18-12-17(33)13-31(14-18)26-27-11-10-23(28-26)38-4/h5-11,17-18,33H,12-15H2,1-4H3/t17-,18+/m0/s1. The Labute approximate surface area is 231 Å². The van der Waals surface area contributed by atoms with E-state index >= 15 is 0 Å². The van der Waals surface area contributed by atoms with Crippen LogP contribution in [0.25, 0.3) is 17.3 Å². The van der Waals surface area contributed by atoms with Gasteiger partial charge >= 0.3 is 0 Å². The third-order valence-electron chi connectivity index (χ3n) is 6.65. The number of hydrogen-bond donors (Lipinski definition) is 1. The summed E-state index contributed by atoms with van der Waals surface area (Å²) in [5.74, 6) is 2.48. The number of aryl methyl sites for hydroxylation is 1. The van der Waals surface area contributed by atoms with Crippen molar-refractivity contribution >= 4 is 15.8 Å². The first kappa shape index (κ1) is 27.4. The summed E-state index contributed by atoms with van der Waals surface area (Å²) in [7, 11) is 0.615. The fraction of sp³-hybridized carbons (Fsp3) is 0.385. The minimum absolute atomic E-state index is 0.0547. The van der Waals surface area contributed by atoms with Crippen molar-refractivity contribution in [3.63, 3.8) is 0 Å². The van der Waals surface area contributed by atoms with Crippen molar-refractivity contribution in [2.45, 2.75) is 30.5 Å². The summed E-state index contributed by atoms with van der Waals surface area (Å²) < 4.78 is 51.5. The lowest BCUT2D eigenvalue weighted by atomic mass is 10.1. The molecular formula is C26H30N6O7S. The third-order valence-corrected chi connectivity index (χ3v) is 8.67. The number of aliphatic hydroxyl groups is 1. The van der Waals surface area contributed by atoms with Crippen LogP contribution in [0.1, 0.15) is 18.0 Å². The molecule has 1 aliphatic rings. The van der Waals surface area contributed by atoms with E-state index in [1.807, 2.05) is 0 Å². The second-order valence-electron chi connectivity index (χ2n) is 9.32. The summed E-state index contributed by atoms with van der Waals surface area (Å²) in [6, 6.07) is 10.3. The van der Waals surface area contributed by atoms with Crippen molar-refractivity contribution in [2.75, 3.05) is 39.3 Å². The smallest absolute Gasteiger partial charge is 0.228 e. The molecule has 0 spiro atoms. The van der Waals surface area contributed by atoms with Crippen LogP contribution in [0, 0.1) is 6.92 Å². The molecule has 1 fully saturated rings. The number of aromatic nitrogens is 5. The quantitative estimate of drug-likeness (QED) is 0.314. The molecule has 1 aromatic carbocycles. The largest absolute Gasteiger partial charge is 0.494 e. The molecule has 0 aliphatic carbocycles. The van der Waals surface area contributed by atoms with Gasteiger partial charge in [0.15, 0.2) is 21.4 Å². The monoisotopic (exact) mass is 570 g/mol. The van der Waals surface area contributed by atoms with E-state index in [2.05, 4.69) is 20.2 Å². The van der Waals surface area contributed by atoms with Gasteiger partial charge < -0.3 is 28.6 Å². The number of methoxy groups -OCH3 is 3. The van der Waals surface area contributed by atoms with E-state index in [1.165, 1.54) is 27.5 Å². The molecule has 1 saturated heterocycles. The van der Waals surface area contributed by atoms with E-state index < -0.39 is 26.9 Å². The van der Waals surface area contributed by atoms with Gasteiger partial charge in [-0.1, -0.05) is 6.07 Å². The number of ether oxygens (including phenoxy) is 3. The topological polar surface area (TPSA) is 155 Å². The molecule has 0 radical (unpaired) electrons. The molecule has 1 N–H and O–H groups in total. The fourth-order valence-corrected chi connectivity index (χ4v) is 6.46. The molecule has 212 valence electrons. The Hall–Kier alpha value is -4.17. The maximum atomic E-state index is 13.9. The number of sulfone groups is 1. The van der Waals surface area contributed by atoms with Gasteiger partial charge in [0.2, 0.25) is 17.7 Å². The molecular weight excluding hydrogens is 540 g/mol. The SMILES string of the molecule is COc1ccnc(N2C[C@@H](O)C[C@@H](S(=O)(=O)Cc3nnc(-c4ccc(C)o4)n3-c3c(OC)cccc3OC)C2)n1. The van der Waals surface area contributed by atoms with Crippen LogP contribution in [0.15, 0.2) is 47.0 Å². The van der Waals surface area contributed by atoms with Crippen molar-refractivity contribution in [1.82, 2.24) is 24.7 Å². The molecule has 13 nitrogen and oxygen atoms in total.